The van der Waals surface area contributed by atoms with E-state index in [2.05, 4.69) is 5.32 Å². The third-order valence-electron chi connectivity index (χ3n) is 4.13. The van der Waals surface area contributed by atoms with Crippen LogP contribution in [0.5, 0.6) is 5.75 Å². The van der Waals surface area contributed by atoms with Crippen LogP contribution in [0.2, 0.25) is 5.02 Å². The van der Waals surface area contributed by atoms with Gasteiger partial charge in [0, 0.05) is 23.7 Å². The van der Waals surface area contributed by atoms with E-state index in [0.29, 0.717) is 24.7 Å². The predicted octanol–water partition coefficient (Wildman–Crippen LogP) is 4.74. The van der Waals surface area contributed by atoms with Crippen LogP contribution in [0.25, 0.3) is 0 Å². The summed E-state index contributed by atoms with van der Waals surface area (Å²) in [5.41, 5.74) is 3.02. The highest BCUT2D eigenvalue weighted by Gasteiger charge is 2.06. The number of ether oxygens (including phenoxy) is 1. The molecule has 0 fully saturated rings. The molecule has 4 heteroatoms. The van der Waals surface area contributed by atoms with Crippen LogP contribution < -0.4 is 10.1 Å². The number of halogens is 1. The highest BCUT2D eigenvalue weighted by molar-refractivity contribution is 6.31. The van der Waals surface area contributed by atoms with Gasteiger partial charge in [-0.1, -0.05) is 72.3 Å². The molecule has 1 atom stereocenters. The van der Waals surface area contributed by atoms with E-state index in [1.807, 2.05) is 78.9 Å². The van der Waals surface area contributed by atoms with Gasteiger partial charge in [0.2, 0.25) is 0 Å². The summed E-state index contributed by atoms with van der Waals surface area (Å²) in [5.74, 6) is 0.804. The normalized spacial score (nSPS) is 11.9. The molecule has 0 aliphatic rings. The van der Waals surface area contributed by atoms with Crippen molar-refractivity contribution < 1.29 is 9.84 Å². The Morgan fingerprint density at radius 2 is 1.58 bits per heavy atom. The molecule has 0 aliphatic carbocycles. The molecule has 0 saturated carbocycles. The Hall–Kier alpha value is -2.33. The number of aliphatic hydroxyl groups excluding tert-OH is 1. The van der Waals surface area contributed by atoms with E-state index in [0.717, 1.165) is 22.4 Å². The van der Waals surface area contributed by atoms with Gasteiger partial charge >= 0.3 is 0 Å². The zero-order valence-electron chi connectivity index (χ0n) is 14.4. The Labute approximate surface area is 159 Å². The molecule has 3 rings (SSSR count). The Morgan fingerprint density at radius 3 is 2.31 bits per heavy atom. The second-order valence-corrected chi connectivity index (χ2v) is 6.49. The van der Waals surface area contributed by atoms with Crippen molar-refractivity contribution in [2.24, 2.45) is 0 Å². The smallest absolute Gasteiger partial charge is 0.119 e. The molecule has 0 bridgehead atoms. The molecule has 0 aliphatic heterocycles. The first kappa shape index (κ1) is 18.5. The molecule has 2 N–H and O–H groups in total. The largest absolute Gasteiger partial charge is 0.489 e. The van der Waals surface area contributed by atoms with Crippen molar-refractivity contribution in [3.05, 3.63) is 101 Å². The number of hydrogen-bond acceptors (Lipinski definition) is 3. The van der Waals surface area contributed by atoms with Crippen LogP contribution in [-0.2, 0) is 13.2 Å². The first-order valence-electron chi connectivity index (χ1n) is 8.61. The maximum Gasteiger partial charge on any atom is 0.119 e. The highest BCUT2D eigenvalue weighted by atomic mass is 35.5. The lowest BCUT2D eigenvalue weighted by atomic mass is 10.1. The summed E-state index contributed by atoms with van der Waals surface area (Å²) in [6.07, 6.45) is -0.505. The lowest BCUT2D eigenvalue weighted by Gasteiger charge is -2.12. The number of aliphatic hydroxyl groups is 1. The topological polar surface area (TPSA) is 41.5 Å². The Balaban J connectivity index is 1.45. The minimum absolute atomic E-state index is 0.445. The summed E-state index contributed by atoms with van der Waals surface area (Å²) in [4.78, 5) is 0. The molecule has 3 aromatic carbocycles. The van der Waals surface area contributed by atoms with Crippen LogP contribution in [0.15, 0.2) is 78.9 Å². The van der Waals surface area contributed by atoms with Crippen molar-refractivity contribution in [2.75, 3.05) is 6.54 Å². The van der Waals surface area contributed by atoms with E-state index < -0.39 is 6.10 Å². The van der Waals surface area contributed by atoms with Gasteiger partial charge in [-0.3, -0.25) is 0 Å². The van der Waals surface area contributed by atoms with Crippen molar-refractivity contribution >= 4 is 11.6 Å². The molecule has 26 heavy (non-hydrogen) atoms. The van der Waals surface area contributed by atoms with E-state index in [9.17, 15) is 5.11 Å². The van der Waals surface area contributed by atoms with Gasteiger partial charge in [-0.05, 0) is 29.3 Å². The van der Waals surface area contributed by atoms with E-state index in [-0.39, 0.29) is 0 Å². The predicted molar refractivity (Wildman–Crippen MR) is 105 cm³/mol. The average molecular weight is 368 g/mol. The Morgan fingerprint density at radius 1 is 0.885 bits per heavy atom. The van der Waals surface area contributed by atoms with E-state index in [4.69, 9.17) is 16.3 Å². The van der Waals surface area contributed by atoms with Crippen LogP contribution in [-0.4, -0.2) is 11.7 Å². The molecule has 0 heterocycles. The molecule has 0 radical (unpaired) electrons. The fourth-order valence-corrected chi connectivity index (χ4v) is 2.82. The first-order chi connectivity index (χ1) is 12.7. The van der Waals surface area contributed by atoms with Crippen molar-refractivity contribution in [3.8, 4) is 5.75 Å². The van der Waals surface area contributed by atoms with Gasteiger partial charge in [-0.25, -0.2) is 0 Å². The molecule has 0 saturated heterocycles. The fourth-order valence-electron chi connectivity index (χ4n) is 2.63. The van der Waals surface area contributed by atoms with Crippen LogP contribution in [0, 0.1) is 0 Å². The number of hydrogen-bond donors (Lipinski definition) is 2. The zero-order chi connectivity index (χ0) is 18.2. The summed E-state index contributed by atoms with van der Waals surface area (Å²) in [6.45, 7) is 1.64. The van der Waals surface area contributed by atoms with Crippen LogP contribution >= 0.6 is 11.6 Å². The molecule has 3 nitrogen and oxygen atoms in total. The third-order valence-corrected chi connectivity index (χ3v) is 4.50. The van der Waals surface area contributed by atoms with E-state index in [1.54, 1.807) is 0 Å². The number of rotatable bonds is 8. The first-order valence-corrected chi connectivity index (χ1v) is 8.99. The molecular formula is C22H22ClNO2. The van der Waals surface area contributed by atoms with Crippen LogP contribution in [0.3, 0.4) is 0 Å². The highest BCUT2D eigenvalue weighted by Crippen LogP contribution is 2.19. The minimum atomic E-state index is -0.505. The van der Waals surface area contributed by atoms with E-state index >= 15 is 0 Å². The summed E-state index contributed by atoms with van der Waals surface area (Å²) >= 11 is 6.13. The molecular weight excluding hydrogens is 346 g/mol. The maximum atomic E-state index is 10.1. The number of benzene rings is 3. The van der Waals surface area contributed by atoms with Gasteiger partial charge in [-0.15, -0.1) is 0 Å². The average Bonchev–Trinajstić information content (AvgIpc) is 2.69. The standard InChI is InChI=1S/C22H22ClNO2/c23-21-9-5-4-8-19(21)16-26-20-12-10-17(11-13-20)14-24-15-22(25)18-6-2-1-3-7-18/h1-13,22,24-25H,14-16H2/t22-/m0/s1. The third kappa shape index (κ3) is 5.33. The second kappa shape index (κ2) is 9.39. The van der Waals surface area contributed by atoms with Gasteiger partial charge in [0.15, 0.2) is 0 Å². The molecule has 0 aromatic heterocycles. The van der Waals surface area contributed by atoms with Crippen LogP contribution in [0.4, 0.5) is 0 Å². The van der Waals surface area contributed by atoms with Gasteiger partial charge in [0.05, 0.1) is 6.10 Å². The molecule has 0 amide bonds. The molecule has 3 aromatic rings. The van der Waals surface area contributed by atoms with Gasteiger partial charge in [0.25, 0.3) is 0 Å². The van der Waals surface area contributed by atoms with Crippen molar-refractivity contribution in [3.63, 3.8) is 0 Å². The summed E-state index contributed by atoms with van der Waals surface area (Å²) < 4.78 is 5.78. The van der Waals surface area contributed by atoms with E-state index in [1.165, 1.54) is 0 Å². The van der Waals surface area contributed by atoms with Gasteiger partial charge in [-0.2, -0.15) is 0 Å². The number of nitrogens with one attached hydrogen (secondary N) is 1. The monoisotopic (exact) mass is 367 g/mol. The maximum absolute atomic E-state index is 10.1. The van der Waals surface area contributed by atoms with Gasteiger partial charge in [0.1, 0.15) is 12.4 Å². The van der Waals surface area contributed by atoms with Crippen molar-refractivity contribution in [1.82, 2.24) is 5.32 Å². The second-order valence-electron chi connectivity index (χ2n) is 6.08. The van der Waals surface area contributed by atoms with Crippen molar-refractivity contribution in [1.29, 1.82) is 0 Å². The van der Waals surface area contributed by atoms with Crippen molar-refractivity contribution in [2.45, 2.75) is 19.3 Å². The molecule has 0 unspecified atom stereocenters. The Kier molecular flexibility index (Phi) is 6.67. The summed E-state index contributed by atoms with van der Waals surface area (Å²) in [5, 5.41) is 14.1. The quantitative estimate of drug-likeness (QED) is 0.604. The Bertz CT molecular complexity index is 806. The zero-order valence-corrected chi connectivity index (χ0v) is 15.2. The summed E-state index contributed by atoms with van der Waals surface area (Å²) in [6, 6.07) is 25.3. The molecule has 0 spiro atoms. The van der Waals surface area contributed by atoms with Gasteiger partial charge < -0.3 is 15.2 Å². The summed E-state index contributed by atoms with van der Waals surface area (Å²) in [7, 11) is 0. The molecule has 134 valence electrons. The lowest BCUT2D eigenvalue weighted by molar-refractivity contribution is 0.174. The fraction of sp³-hybridized carbons (Fsp3) is 0.182. The SMILES string of the molecule is O[C@@H](CNCc1ccc(OCc2ccccc2Cl)cc1)c1ccccc1. The lowest BCUT2D eigenvalue weighted by Crippen LogP contribution is -2.20. The minimum Gasteiger partial charge on any atom is -0.489 e. The van der Waals surface area contributed by atoms with Crippen LogP contribution in [0.1, 0.15) is 22.8 Å².